The number of methoxy groups -OCH3 is 1. The zero-order chi connectivity index (χ0) is 27.8. The molecule has 0 N–H and O–H groups in total. The van der Waals surface area contributed by atoms with Gasteiger partial charge in [0.05, 0.1) is 32.0 Å². The van der Waals surface area contributed by atoms with E-state index in [4.69, 9.17) is 14.2 Å². The fraction of sp³-hybridized carbons (Fsp3) is 0.419. The maximum Gasteiger partial charge on any atom is 0.259 e. The van der Waals surface area contributed by atoms with Gasteiger partial charge < -0.3 is 24.0 Å². The second-order valence-electron chi connectivity index (χ2n) is 10.4. The van der Waals surface area contributed by atoms with Crippen LogP contribution in [0, 0.1) is 5.41 Å². The maximum atomic E-state index is 13.6. The Labute approximate surface area is 235 Å². The predicted molar refractivity (Wildman–Crippen MR) is 150 cm³/mol. The monoisotopic (exact) mass is 544 g/mol. The van der Waals surface area contributed by atoms with Crippen LogP contribution < -0.4 is 14.2 Å². The van der Waals surface area contributed by atoms with Crippen LogP contribution in [0.25, 0.3) is 0 Å². The number of rotatable bonds is 5. The molecule has 2 amide bonds. The fourth-order valence-corrected chi connectivity index (χ4v) is 5.53. The van der Waals surface area contributed by atoms with Crippen LogP contribution in [0.2, 0.25) is 0 Å². The molecule has 0 saturated carbocycles. The van der Waals surface area contributed by atoms with Crippen molar-refractivity contribution in [3.05, 3.63) is 78.2 Å². The van der Waals surface area contributed by atoms with E-state index in [-0.39, 0.29) is 23.8 Å². The Hall–Kier alpha value is -4.14. The lowest BCUT2D eigenvalue weighted by Crippen LogP contribution is -2.45. The zero-order valence-electron chi connectivity index (χ0n) is 23.0. The summed E-state index contributed by atoms with van der Waals surface area (Å²) in [4.78, 5) is 39.2. The highest BCUT2D eigenvalue weighted by Gasteiger charge is 2.37. The molecule has 6 rings (SSSR count). The molecule has 3 aliphatic heterocycles. The molecule has 0 radical (unpaired) electrons. The van der Waals surface area contributed by atoms with Crippen LogP contribution in [0.5, 0.6) is 17.4 Å². The van der Waals surface area contributed by atoms with Crippen molar-refractivity contribution in [1.82, 2.24) is 19.8 Å². The Morgan fingerprint density at radius 3 is 2.60 bits per heavy atom. The van der Waals surface area contributed by atoms with Crippen LogP contribution in [0.4, 0.5) is 0 Å². The molecule has 1 aromatic carbocycles. The number of aromatic nitrogens is 2. The van der Waals surface area contributed by atoms with E-state index in [1.54, 1.807) is 35.6 Å². The zero-order valence-corrected chi connectivity index (χ0v) is 23.0. The number of amides is 2. The number of benzene rings is 1. The van der Waals surface area contributed by atoms with Gasteiger partial charge >= 0.3 is 0 Å². The Morgan fingerprint density at radius 1 is 0.975 bits per heavy atom. The first kappa shape index (κ1) is 27.4. The lowest BCUT2D eigenvalue weighted by Gasteiger charge is -2.42. The van der Waals surface area contributed by atoms with Crippen LogP contribution >= 0.6 is 0 Å². The van der Waals surface area contributed by atoms with Crippen molar-refractivity contribution >= 4 is 11.8 Å². The van der Waals surface area contributed by atoms with Gasteiger partial charge in [-0.05, 0) is 62.1 Å². The van der Waals surface area contributed by atoms with E-state index >= 15 is 0 Å². The summed E-state index contributed by atoms with van der Waals surface area (Å²) in [5, 5.41) is 0. The van der Waals surface area contributed by atoms with Gasteiger partial charge in [-0.15, -0.1) is 0 Å². The lowest BCUT2D eigenvalue weighted by molar-refractivity contribution is 0.0358. The normalized spacial score (nSPS) is 17.7. The number of carbonyl (C=O) groups excluding carboxylic acids is 2. The van der Waals surface area contributed by atoms with E-state index in [1.165, 1.54) is 7.11 Å². The van der Waals surface area contributed by atoms with E-state index in [2.05, 4.69) is 9.97 Å². The van der Waals surface area contributed by atoms with Gasteiger partial charge in [0.1, 0.15) is 23.7 Å². The molecule has 2 bridgehead atoms. The number of nitrogens with zero attached hydrogens (tertiary/aromatic N) is 4. The second kappa shape index (κ2) is 12.8. The minimum absolute atomic E-state index is 0.0275. The van der Waals surface area contributed by atoms with Crippen molar-refractivity contribution in [2.75, 3.05) is 46.5 Å². The summed E-state index contributed by atoms with van der Waals surface area (Å²) in [6, 6.07) is 14.6. The van der Waals surface area contributed by atoms with E-state index in [9.17, 15) is 9.59 Å². The van der Waals surface area contributed by atoms with E-state index in [0.717, 1.165) is 37.9 Å². The topological polar surface area (TPSA) is 94.1 Å². The van der Waals surface area contributed by atoms with Crippen molar-refractivity contribution < 1.29 is 23.8 Å². The lowest BCUT2D eigenvalue weighted by atomic mass is 9.75. The summed E-state index contributed by atoms with van der Waals surface area (Å²) < 4.78 is 17.7. The number of hydrogen-bond acceptors (Lipinski definition) is 7. The number of piperidine rings is 1. The summed E-state index contributed by atoms with van der Waals surface area (Å²) in [5.74, 6) is 1.41. The Bertz CT molecular complexity index is 1290. The fourth-order valence-electron chi connectivity index (χ4n) is 5.53. The Kier molecular flexibility index (Phi) is 8.78. The third kappa shape index (κ3) is 6.35. The number of fused-ring (bicyclic) bond motifs is 9. The molecule has 9 nitrogen and oxygen atoms in total. The molecule has 1 saturated heterocycles. The summed E-state index contributed by atoms with van der Waals surface area (Å²) in [7, 11) is 1.51. The van der Waals surface area contributed by atoms with Gasteiger partial charge in [-0.25, -0.2) is 4.98 Å². The van der Waals surface area contributed by atoms with E-state index < -0.39 is 0 Å². The minimum Gasteiger partial charge on any atom is -0.491 e. The highest BCUT2D eigenvalue weighted by Crippen LogP contribution is 2.38. The molecule has 3 aromatic rings. The molecule has 0 aliphatic carbocycles. The van der Waals surface area contributed by atoms with Crippen molar-refractivity contribution in [2.45, 2.75) is 32.1 Å². The van der Waals surface area contributed by atoms with Gasteiger partial charge in [0, 0.05) is 37.4 Å². The number of hydrogen-bond donors (Lipinski definition) is 0. The second-order valence-corrected chi connectivity index (χ2v) is 10.4. The van der Waals surface area contributed by atoms with Gasteiger partial charge in [-0.2, -0.15) is 0 Å². The molecule has 3 aliphatic rings. The molecule has 5 heterocycles. The molecule has 0 unspecified atom stereocenters. The molecular formula is C31H36N4O5. The smallest absolute Gasteiger partial charge is 0.259 e. The van der Waals surface area contributed by atoms with Crippen LogP contribution in [0.15, 0.2) is 67.1 Å². The van der Waals surface area contributed by atoms with Crippen molar-refractivity contribution in [2.24, 2.45) is 5.41 Å². The Morgan fingerprint density at radius 2 is 1.80 bits per heavy atom. The highest BCUT2D eigenvalue weighted by atomic mass is 16.5. The summed E-state index contributed by atoms with van der Waals surface area (Å²) >= 11 is 0. The van der Waals surface area contributed by atoms with E-state index in [0.29, 0.717) is 55.5 Å². The number of para-hydroxylation sites is 1. The van der Waals surface area contributed by atoms with Gasteiger partial charge in [0.2, 0.25) is 5.88 Å². The molecule has 40 heavy (non-hydrogen) atoms. The van der Waals surface area contributed by atoms with Crippen LogP contribution in [-0.4, -0.2) is 78.1 Å². The largest absolute Gasteiger partial charge is 0.491 e. The van der Waals surface area contributed by atoms with Crippen LogP contribution in [-0.2, 0) is 0 Å². The first-order chi connectivity index (χ1) is 19.6. The standard InChI is InChI=1S/C31H36N4O5/c1-38-28-26(10-7-16-33-28)30(37)34-17-5-4-12-31(23-40-24-8-6-15-32-22-24)13-18-35(19-14-31)29(36)25-9-2-3-11-27(25)39-21-20-34/h2-3,6-11,15-16,22H,4-5,12-14,17-21,23H2,1H3. The number of carbonyl (C=O) groups is 2. The molecule has 2 aromatic heterocycles. The maximum absolute atomic E-state index is 13.6. The summed E-state index contributed by atoms with van der Waals surface area (Å²) in [6.07, 6.45) is 9.47. The SMILES string of the molecule is COc1ncccc1C(=O)N1CCCCC2(COc3cccnc3)CCN(CC2)C(=O)c2ccccc2OCC1. The van der Waals surface area contributed by atoms with Gasteiger partial charge in [-0.3, -0.25) is 14.6 Å². The molecule has 9 heteroatoms. The first-order valence-electron chi connectivity index (χ1n) is 13.9. The third-order valence-electron chi connectivity index (χ3n) is 7.89. The molecule has 1 fully saturated rings. The third-order valence-corrected chi connectivity index (χ3v) is 7.89. The average molecular weight is 545 g/mol. The average Bonchev–Trinajstić information content (AvgIpc) is 3.02. The van der Waals surface area contributed by atoms with Crippen LogP contribution in [0.1, 0.15) is 52.8 Å². The Balaban J connectivity index is 1.38. The summed E-state index contributed by atoms with van der Waals surface area (Å²) in [5.41, 5.74) is 0.902. The van der Waals surface area contributed by atoms with E-state index in [1.807, 2.05) is 41.3 Å². The molecule has 0 atom stereocenters. The quantitative estimate of drug-likeness (QED) is 0.467. The van der Waals surface area contributed by atoms with Gasteiger partial charge in [0.25, 0.3) is 11.8 Å². The minimum atomic E-state index is -0.149. The van der Waals surface area contributed by atoms with Crippen molar-refractivity contribution in [1.29, 1.82) is 0 Å². The predicted octanol–water partition coefficient (Wildman–Crippen LogP) is 4.49. The highest BCUT2D eigenvalue weighted by molar-refractivity contribution is 5.97. The summed E-state index contributed by atoms with van der Waals surface area (Å²) in [6.45, 7) is 3.10. The van der Waals surface area contributed by atoms with Gasteiger partial charge in [0.15, 0.2) is 0 Å². The molecular weight excluding hydrogens is 508 g/mol. The van der Waals surface area contributed by atoms with Crippen molar-refractivity contribution in [3.8, 4) is 17.4 Å². The number of ether oxygens (including phenoxy) is 3. The molecule has 210 valence electrons. The van der Waals surface area contributed by atoms with Gasteiger partial charge in [-0.1, -0.05) is 18.6 Å². The molecule has 0 spiro atoms. The first-order valence-corrected chi connectivity index (χ1v) is 13.9. The van der Waals surface area contributed by atoms with Crippen molar-refractivity contribution in [3.63, 3.8) is 0 Å². The number of pyridine rings is 2. The van der Waals surface area contributed by atoms with Crippen LogP contribution in [0.3, 0.4) is 0 Å².